The largest absolute Gasteiger partial charge is 0.339 e. The van der Waals surface area contributed by atoms with Crippen molar-refractivity contribution in [1.82, 2.24) is 10.1 Å². The van der Waals surface area contributed by atoms with Gasteiger partial charge in [-0.3, -0.25) is 4.79 Å². The molecule has 3 aromatic rings. The standard InChI is InChI=1S/C22H21N3O2/c26-21(15-8-4-9-15)23-17-11-5-10-16(12-17)20-24-22(27-25-20)19-13-18(19)14-6-2-1-3-7-14/h1-3,5-7,10-12,15,18-19H,4,8-9,13H2,(H,23,26)/t18-,19+/m0/s1. The number of carbonyl (C=O) groups excluding carboxylic acids is 1. The highest BCUT2D eigenvalue weighted by Crippen LogP contribution is 2.54. The zero-order valence-corrected chi connectivity index (χ0v) is 15.0. The van der Waals surface area contributed by atoms with Crippen LogP contribution in [0.2, 0.25) is 0 Å². The molecular formula is C22H21N3O2. The molecule has 1 N–H and O–H groups in total. The number of benzene rings is 2. The van der Waals surface area contributed by atoms with Gasteiger partial charge < -0.3 is 9.84 Å². The van der Waals surface area contributed by atoms with E-state index >= 15 is 0 Å². The summed E-state index contributed by atoms with van der Waals surface area (Å²) in [7, 11) is 0. The van der Waals surface area contributed by atoms with E-state index in [0.29, 0.717) is 23.6 Å². The fraction of sp³-hybridized carbons (Fsp3) is 0.318. The molecule has 2 atom stereocenters. The third-order valence-corrected chi connectivity index (χ3v) is 5.64. The maximum absolute atomic E-state index is 12.2. The summed E-state index contributed by atoms with van der Waals surface area (Å²) in [5.41, 5.74) is 2.96. The molecule has 5 heteroatoms. The first-order chi connectivity index (χ1) is 13.3. The van der Waals surface area contributed by atoms with Gasteiger partial charge in [-0.15, -0.1) is 0 Å². The lowest BCUT2D eigenvalue weighted by atomic mass is 9.85. The van der Waals surface area contributed by atoms with E-state index in [1.165, 1.54) is 5.56 Å². The van der Waals surface area contributed by atoms with Gasteiger partial charge in [0.25, 0.3) is 0 Å². The highest BCUT2D eigenvalue weighted by atomic mass is 16.5. The Hall–Kier alpha value is -2.95. The normalized spacial score (nSPS) is 21.5. The van der Waals surface area contributed by atoms with E-state index in [0.717, 1.165) is 36.9 Å². The number of aromatic nitrogens is 2. The SMILES string of the molecule is O=C(Nc1cccc(-c2noc([C@@H]3C[C@H]3c3ccccc3)n2)c1)C1CCC1. The minimum atomic E-state index is 0.107. The summed E-state index contributed by atoms with van der Waals surface area (Å²) in [6, 6.07) is 18.1. The minimum absolute atomic E-state index is 0.107. The van der Waals surface area contributed by atoms with Gasteiger partial charge in [-0.2, -0.15) is 4.98 Å². The summed E-state index contributed by atoms with van der Waals surface area (Å²) in [4.78, 5) is 16.8. The van der Waals surface area contributed by atoms with Crippen LogP contribution in [0, 0.1) is 5.92 Å². The smallest absolute Gasteiger partial charge is 0.230 e. The third kappa shape index (κ3) is 3.25. The van der Waals surface area contributed by atoms with Crippen LogP contribution < -0.4 is 5.32 Å². The maximum Gasteiger partial charge on any atom is 0.230 e. The summed E-state index contributed by atoms with van der Waals surface area (Å²) in [5.74, 6) is 2.31. The van der Waals surface area contributed by atoms with E-state index in [4.69, 9.17) is 4.52 Å². The van der Waals surface area contributed by atoms with Crippen LogP contribution in [-0.2, 0) is 4.79 Å². The van der Waals surface area contributed by atoms with Crippen molar-refractivity contribution in [3.05, 3.63) is 66.1 Å². The van der Waals surface area contributed by atoms with Crippen molar-refractivity contribution < 1.29 is 9.32 Å². The van der Waals surface area contributed by atoms with Gasteiger partial charge in [-0.25, -0.2) is 0 Å². The molecule has 2 fully saturated rings. The Bertz CT molecular complexity index is 962. The quantitative estimate of drug-likeness (QED) is 0.714. The van der Waals surface area contributed by atoms with Gasteiger partial charge in [0.2, 0.25) is 17.6 Å². The molecule has 27 heavy (non-hydrogen) atoms. The zero-order valence-electron chi connectivity index (χ0n) is 15.0. The topological polar surface area (TPSA) is 68.0 Å². The molecule has 0 spiro atoms. The first-order valence-electron chi connectivity index (χ1n) is 9.58. The first-order valence-corrected chi connectivity index (χ1v) is 9.58. The number of nitrogens with one attached hydrogen (secondary N) is 1. The molecule has 1 heterocycles. The highest BCUT2D eigenvalue weighted by molar-refractivity contribution is 5.93. The molecule has 2 aliphatic rings. The number of hydrogen-bond donors (Lipinski definition) is 1. The molecular weight excluding hydrogens is 338 g/mol. The van der Waals surface area contributed by atoms with Gasteiger partial charge in [0.1, 0.15) is 0 Å². The van der Waals surface area contributed by atoms with Gasteiger partial charge in [0, 0.05) is 23.1 Å². The Morgan fingerprint density at radius 2 is 1.89 bits per heavy atom. The second-order valence-corrected chi connectivity index (χ2v) is 7.51. The molecule has 136 valence electrons. The number of rotatable bonds is 5. The molecule has 5 nitrogen and oxygen atoms in total. The van der Waals surface area contributed by atoms with Crippen LogP contribution in [0.15, 0.2) is 59.1 Å². The molecule has 0 aliphatic heterocycles. The van der Waals surface area contributed by atoms with E-state index in [1.807, 2.05) is 30.3 Å². The molecule has 2 aromatic carbocycles. The number of amides is 1. The van der Waals surface area contributed by atoms with Crippen molar-refractivity contribution in [2.45, 2.75) is 37.5 Å². The van der Waals surface area contributed by atoms with Crippen molar-refractivity contribution in [3.63, 3.8) is 0 Å². The molecule has 2 aliphatic carbocycles. The first kappa shape index (κ1) is 16.2. The molecule has 1 aromatic heterocycles. The van der Waals surface area contributed by atoms with E-state index in [2.05, 4.69) is 39.7 Å². The summed E-state index contributed by atoms with van der Waals surface area (Å²) in [5, 5.41) is 7.16. The van der Waals surface area contributed by atoms with Crippen molar-refractivity contribution in [3.8, 4) is 11.4 Å². The van der Waals surface area contributed by atoms with Crippen LogP contribution in [0.5, 0.6) is 0 Å². The summed E-state index contributed by atoms with van der Waals surface area (Å²) in [6.07, 6.45) is 4.17. The highest BCUT2D eigenvalue weighted by Gasteiger charge is 2.43. The Balaban J connectivity index is 1.30. The summed E-state index contributed by atoms with van der Waals surface area (Å²) < 4.78 is 5.53. The molecule has 0 bridgehead atoms. The average molecular weight is 359 g/mol. The van der Waals surface area contributed by atoms with Crippen LogP contribution in [0.4, 0.5) is 5.69 Å². The predicted octanol–water partition coefficient (Wildman–Crippen LogP) is 4.75. The lowest BCUT2D eigenvalue weighted by Crippen LogP contribution is -2.27. The van der Waals surface area contributed by atoms with Crippen LogP contribution in [0.3, 0.4) is 0 Å². The molecule has 5 rings (SSSR count). The van der Waals surface area contributed by atoms with Gasteiger partial charge in [-0.1, -0.05) is 54.0 Å². The van der Waals surface area contributed by atoms with Crippen molar-refractivity contribution >= 4 is 11.6 Å². The maximum atomic E-state index is 12.2. The fourth-order valence-corrected chi connectivity index (χ4v) is 3.69. The Morgan fingerprint density at radius 1 is 1.04 bits per heavy atom. The Kier molecular flexibility index (Phi) is 4.00. The fourth-order valence-electron chi connectivity index (χ4n) is 3.69. The Morgan fingerprint density at radius 3 is 2.67 bits per heavy atom. The van der Waals surface area contributed by atoms with E-state index in [9.17, 15) is 4.79 Å². The zero-order chi connectivity index (χ0) is 18.2. The van der Waals surface area contributed by atoms with Gasteiger partial charge >= 0.3 is 0 Å². The molecule has 2 saturated carbocycles. The molecule has 0 unspecified atom stereocenters. The van der Waals surface area contributed by atoms with Crippen LogP contribution in [0.1, 0.15) is 49.0 Å². The van der Waals surface area contributed by atoms with Crippen molar-refractivity contribution in [2.75, 3.05) is 5.32 Å². The Labute approximate surface area is 157 Å². The second kappa shape index (κ2) is 6.65. The van der Waals surface area contributed by atoms with E-state index in [-0.39, 0.29) is 11.8 Å². The minimum Gasteiger partial charge on any atom is -0.339 e. The van der Waals surface area contributed by atoms with E-state index in [1.54, 1.807) is 0 Å². The molecule has 1 amide bonds. The summed E-state index contributed by atoms with van der Waals surface area (Å²) >= 11 is 0. The van der Waals surface area contributed by atoms with Gasteiger partial charge in [-0.05, 0) is 42.9 Å². The number of nitrogens with zero attached hydrogens (tertiary/aromatic N) is 2. The van der Waals surface area contributed by atoms with Gasteiger partial charge in [0.15, 0.2) is 0 Å². The number of hydrogen-bond acceptors (Lipinski definition) is 4. The summed E-state index contributed by atoms with van der Waals surface area (Å²) in [6.45, 7) is 0. The van der Waals surface area contributed by atoms with Gasteiger partial charge in [0.05, 0.1) is 0 Å². The lowest BCUT2D eigenvalue weighted by molar-refractivity contribution is -0.122. The van der Waals surface area contributed by atoms with Crippen LogP contribution in [-0.4, -0.2) is 16.0 Å². The van der Waals surface area contributed by atoms with Crippen LogP contribution >= 0.6 is 0 Å². The number of carbonyl (C=O) groups is 1. The average Bonchev–Trinajstić information content (AvgIpc) is 3.29. The molecule has 0 radical (unpaired) electrons. The monoisotopic (exact) mass is 359 g/mol. The molecule has 0 saturated heterocycles. The van der Waals surface area contributed by atoms with Crippen molar-refractivity contribution in [2.24, 2.45) is 5.92 Å². The second-order valence-electron chi connectivity index (χ2n) is 7.51. The lowest BCUT2D eigenvalue weighted by Gasteiger charge is -2.24. The predicted molar refractivity (Wildman–Crippen MR) is 102 cm³/mol. The van der Waals surface area contributed by atoms with Crippen molar-refractivity contribution in [1.29, 1.82) is 0 Å². The van der Waals surface area contributed by atoms with E-state index < -0.39 is 0 Å². The third-order valence-electron chi connectivity index (χ3n) is 5.64. The van der Waals surface area contributed by atoms with Crippen LogP contribution in [0.25, 0.3) is 11.4 Å². The number of anilines is 1.